The summed E-state index contributed by atoms with van der Waals surface area (Å²) in [7, 11) is -3.91. The van der Waals surface area contributed by atoms with Gasteiger partial charge in [-0.05, 0) is 48.5 Å². The summed E-state index contributed by atoms with van der Waals surface area (Å²) in [5, 5.41) is 13.4. The van der Waals surface area contributed by atoms with Gasteiger partial charge in [-0.1, -0.05) is 12.1 Å². The van der Waals surface area contributed by atoms with Crippen LogP contribution in [0.15, 0.2) is 82.6 Å². The number of amides is 2. The Hall–Kier alpha value is -4.12. The SMILES string of the molecule is O=C(Nc1ccc(S(=O)(=O)c2ccc([N+](=O)[O-])cc2)cc1)C1CC(=O)N(c2ccccc2F)C1. The molecule has 174 valence electrons. The zero-order valence-corrected chi connectivity index (χ0v) is 18.4. The Balaban J connectivity index is 1.44. The van der Waals surface area contributed by atoms with E-state index in [4.69, 9.17) is 0 Å². The predicted octanol–water partition coefficient (Wildman–Crippen LogP) is 3.56. The topological polar surface area (TPSA) is 127 Å². The first kappa shape index (κ1) is 23.1. The smallest absolute Gasteiger partial charge is 0.269 e. The molecule has 0 radical (unpaired) electrons. The van der Waals surface area contributed by atoms with Gasteiger partial charge in [0.15, 0.2) is 0 Å². The van der Waals surface area contributed by atoms with Crippen molar-refractivity contribution in [3.63, 3.8) is 0 Å². The lowest BCUT2D eigenvalue weighted by Gasteiger charge is -2.17. The average molecular weight is 483 g/mol. The minimum absolute atomic E-state index is 0.0260. The highest BCUT2D eigenvalue weighted by Gasteiger charge is 2.36. The minimum atomic E-state index is -3.91. The third kappa shape index (κ3) is 4.50. The zero-order chi connectivity index (χ0) is 24.5. The van der Waals surface area contributed by atoms with E-state index in [1.54, 1.807) is 6.07 Å². The lowest BCUT2D eigenvalue weighted by atomic mass is 10.1. The molecule has 4 rings (SSSR count). The van der Waals surface area contributed by atoms with Crippen LogP contribution in [0.4, 0.5) is 21.5 Å². The number of nitrogens with zero attached hydrogens (tertiary/aromatic N) is 2. The van der Waals surface area contributed by atoms with E-state index in [1.165, 1.54) is 47.4 Å². The number of nitro benzene ring substituents is 1. The van der Waals surface area contributed by atoms with Crippen LogP contribution in [-0.2, 0) is 19.4 Å². The molecule has 2 amide bonds. The van der Waals surface area contributed by atoms with Gasteiger partial charge in [-0.2, -0.15) is 0 Å². The van der Waals surface area contributed by atoms with E-state index in [-0.39, 0.29) is 40.0 Å². The quantitative estimate of drug-likeness (QED) is 0.422. The molecule has 1 unspecified atom stereocenters. The molecule has 1 N–H and O–H groups in total. The van der Waals surface area contributed by atoms with Crippen LogP contribution in [0.5, 0.6) is 0 Å². The van der Waals surface area contributed by atoms with Crippen LogP contribution in [0.1, 0.15) is 6.42 Å². The molecule has 1 atom stereocenters. The molecule has 0 spiro atoms. The fraction of sp³-hybridized carbons (Fsp3) is 0.130. The highest BCUT2D eigenvalue weighted by atomic mass is 32.2. The number of carbonyl (C=O) groups excluding carboxylic acids is 2. The number of nitrogens with one attached hydrogen (secondary N) is 1. The molecule has 1 aliphatic rings. The predicted molar refractivity (Wildman–Crippen MR) is 120 cm³/mol. The Bertz CT molecular complexity index is 1370. The van der Waals surface area contributed by atoms with Crippen molar-refractivity contribution in [1.29, 1.82) is 0 Å². The van der Waals surface area contributed by atoms with Crippen LogP contribution in [-0.4, -0.2) is 31.7 Å². The molecule has 0 aromatic heterocycles. The van der Waals surface area contributed by atoms with E-state index >= 15 is 0 Å². The molecule has 3 aromatic carbocycles. The summed E-state index contributed by atoms with van der Waals surface area (Å²) in [6.07, 6.45) is -0.0766. The zero-order valence-electron chi connectivity index (χ0n) is 17.5. The molecule has 0 bridgehead atoms. The number of halogens is 1. The van der Waals surface area contributed by atoms with Crippen molar-refractivity contribution in [2.24, 2.45) is 5.92 Å². The van der Waals surface area contributed by atoms with Crippen molar-refractivity contribution in [3.05, 3.63) is 88.7 Å². The maximum absolute atomic E-state index is 14.0. The van der Waals surface area contributed by atoms with E-state index in [1.807, 2.05) is 0 Å². The second-order valence-electron chi connectivity index (χ2n) is 7.62. The van der Waals surface area contributed by atoms with E-state index in [0.717, 1.165) is 24.3 Å². The number of benzene rings is 3. The molecule has 1 aliphatic heterocycles. The van der Waals surface area contributed by atoms with Gasteiger partial charge in [-0.25, -0.2) is 12.8 Å². The first-order chi connectivity index (χ1) is 16.2. The Morgan fingerprint density at radius 1 is 1.00 bits per heavy atom. The number of hydrogen-bond donors (Lipinski definition) is 1. The van der Waals surface area contributed by atoms with Gasteiger partial charge in [0.1, 0.15) is 5.82 Å². The van der Waals surface area contributed by atoms with Gasteiger partial charge in [-0.15, -0.1) is 0 Å². The molecule has 34 heavy (non-hydrogen) atoms. The monoisotopic (exact) mass is 483 g/mol. The number of non-ortho nitro benzene ring substituents is 1. The summed E-state index contributed by atoms with van der Waals surface area (Å²) >= 11 is 0. The van der Waals surface area contributed by atoms with Crippen molar-refractivity contribution in [2.75, 3.05) is 16.8 Å². The molecule has 11 heteroatoms. The third-order valence-electron chi connectivity index (χ3n) is 5.43. The molecular weight excluding hydrogens is 465 g/mol. The Kier molecular flexibility index (Phi) is 6.12. The second kappa shape index (κ2) is 9.02. The lowest BCUT2D eigenvalue weighted by molar-refractivity contribution is -0.384. The van der Waals surface area contributed by atoms with Gasteiger partial charge in [0, 0.05) is 30.8 Å². The van der Waals surface area contributed by atoms with E-state index in [0.29, 0.717) is 5.69 Å². The first-order valence-corrected chi connectivity index (χ1v) is 11.6. The largest absolute Gasteiger partial charge is 0.326 e. The van der Waals surface area contributed by atoms with E-state index in [2.05, 4.69) is 5.32 Å². The number of sulfone groups is 1. The summed E-state index contributed by atoms with van der Waals surface area (Å²) in [6.45, 7) is 0.0260. The van der Waals surface area contributed by atoms with Gasteiger partial charge in [0.25, 0.3) is 5.69 Å². The Morgan fingerprint density at radius 3 is 2.18 bits per heavy atom. The highest BCUT2D eigenvalue weighted by Crippen LogP contribution is 2.29. The van der Waals surface area contributed by atoms with E-state index < -0.39 is 32.4 Å². The van der Waals surface area contributed by atoms with Crippen molar-refractivity contribution in [2.45, 2.75) is 16.2 Å². The summed E-state index contributed by atoms with van der Waals surface area (Å²) < 4.78 is 39.6. The second-order valence-corrected chi connectivity index (χ2v) is 9.57. The molecule has 0 saturated carbocycles. The number of para-hydroxylation sites is 1. The molecular formula is C23H18FN3O6S. The van der Waals surface area contributed by atoms with Crippen LogP contribution in [0, 0.1) is 21.8 Å². The summed E-state index contributed by atoms with van der Waals surface area (Å²) in [5.41, 5.74) is 0.212. The number of hydrogen-bond acceptors (Lipinski definition) is 6. The van der Waals surface area contributed by atoms with Gasteiger partial charge >= 0.3 is 0 Å². The Morgan fingerprint density at radius 2 is 1.59 bits per heavy atom. The van der Waals surface area contributed by atoms with Gasteiger partial charge in [0.2, 0.25) is 21.7 Å². The molecule has 9 nitrogen and oxygen atoms in total. The molecule has 1 heterocycles. The van der Waals surface area contributed by atoms with Crippen LogP contribution in [0.2, 0.25) is 0 Å². The first-order valence-electron chi connectivity index (χ1n) is 10.1. The third-order valence-corrected chi connectivity index (χ3v) is 7.21. The van der Waals surface area contributed by atoms with E-state index in [9.17, 15) is 32.5 Å². The van der Waals surface area contributed by atoms with Gasteiger partial charge < -0.3 is 10.2 Å². The molecule has 1 fully saturated rings. The van der Waals surface area contributed by atoms with Crippen molar-refractivity contribution in [1.82, 2.24) is 0 Å². The van der Waals surface area contributed by atoms with Crippen molar-refractivity contribution < 1.29 is 27.3 Å². The summed E-state index contributed by atoms with van der Waals surface area (Å²) in [5.74, 6) is -2.06. The van der Waals surface area contributed by atoms with Crippen LogP contribution in [0.25, 0.3) is 0 Å². The van der Waals surface area contributed by atoms with Gasteiger partial charge in [0.05, 0.1) is 26.3 Å². The average Bonchev–Trinajstić information content (AvgIpc) is 3.21. The lowest BCUT2D eigenvalue weighted by Crippen LogP contribution is -2.28. The number of anilines is 2. The summed E-state index contributed by atoms with van der Waals surface area (Å²) in [4.78, 5) is 36.2. The van der Waals surface area contributed by atoms with Crippen LogP contribution >= 0.6 is 0 Å². The molecule has 0 aliphatic carbocycles. The van der Waals surface area contributed by atoms with Gasteiger partial charge in [-0.3, -0.25) is 19.7 Å². The standard InChI is InChI=1S/C23H18FN3O6S/c24-20-3-1-2-4-21(20)26-14-15(13-22(26)28)23(29)25-16-5-9-18(10-6-16)34(32,33)19-11-7-17(8-12-19)27(30)31/h1-12,15H,13-14H2,(H,25,29). The van der Waals surface area contributed by atoms with Crippen LogP contribution < -0.4 is 10.2 Å². The molecule has 3 aromatic rings. The fourth-order valence-corrected chi connectivity index (χ4v) is 4.89. The molecule has 1 saturated heterocycles. The minimum Gasteiger partial charge on any atom is -0.326 e. The van der Waals surface area contributed by atoms with Crippen molar-refractivity contribution in [3.8, 4) is 0 Å². The summed E-state index contributed by atoms with van der Waals surface area (Å²) in [6, 6.07) is 15.8. The normalized spacial score (nSPS) is 15.9. The highest BCUT2D eigenvalue weighted by molar-refractivity contribution is 7.91. The maximum Gasteiger partial charge on any atom is 0.269 e. The Labute approximate surface area is 193 Å². The maximum atomic E-state index is 14.0. The van der Waals surface area contributed by atoms with Crippen LogP contribution in [0.3, 0.4) is 0 Å². The number of nitro groups is 1. The van der Waals surface area contributed by atoms with Crippen molar-refractivity contribution >= 4 is 38.7 Å². The number of rotatable bonds is 6. The number of carbonyl (C=O) groups is 2. The fourth-order valence-electron chi connectivity index (χ4n) is 3.63.